The van der Waals surface area contributed by atoms with E-state index in [2.05, 4.69) is 29.1 Å². The van der Waals surface area contributed by atoms with Crippen molar-refractivity contribution in [2.45, 2.75) is 0 Å². The predicted octanol–water partition coefficient (Wildman–Crippen LogP) is 14.0. The Labute approximate surface area is 387 Å². The number of benzene rings is 9. The molecule has 4 heterocycles. The van der Waals surface area contributed by atoms with Crippen LogP contribution in [0.15, 0.2) is 229 Å². The van der Waals surface area contributed by atoms with Crippen LogP contribution in [0.1, 0.15) is 13.7 Å². The second-order valence-electron chi connectivity index (χ2n) is 15.4. The van der Waals surface area contributed by atoms with Crippen molar-refractivity contribution in [1.82, 2.24) is 18.7 Å². The average Bonchev–Trinajstić information content (AvgIpc) is 4.25. The van der Waals surface area contributed by atoms with Gasteiger partial charge in [0.05, 0.1) is 52.5 Å². The number of rotatable bonds is 8. The van der Waals surface area contributed by atoms with E-state index in [0.717, 1.165) is 49.4 Å². The smallest absolute Gasteiger partial charge is 0.269 e. The Morgan fingerprint density at radius 1 is 0.569 bits per heavy atom. The maximum Gasteiger partial charge on any atom is 0.269 e. The highest BCUT2D eigenvalue weighted by Crippen LogP contribution is 2.42. The Morgan fingerprint density at radius 2 is 1.26 bits per heavy atom. The molecular formula is C58H37N5O2. The van der Waals surface area contributed by atoms with E-state index in [-0.39, 0.29) is 27.9 Å². The SMILES string of the molecule is [2H]c1c([2H])c([2H])c(-c2cccc(-c3c([2H])c([2H])c([2H])c([2H])c3[2H])c2-[n+]2[c-]n(-c3cccc(Oc4ccc5c6c7oc8ccccc8c7ccc6n(-c6nccn6-c6ccccc6)c5c4)c3)c3ccccc32)c([2H])c1[2H]. The number of imidazole rings is 2. The number of para-hydroxylation sites is 5. The maximum absolute atomic E-state index is 9.05. The van der Waals surface area contributed by atoms with Crippen molar-refractivity contribution < 1.29 is 27.4 Å². The lowest BCUT2D eigenvalue weighted by Crippen LogP contribution is -2.31. The Balaban J connectivity index is 0.983. The summed E-state index contributed by atoms with van der Waals surface area (Å²) < 4.78 is 108. The first-order valence-electron chi connectivity index (χ1n) is 25.9. The summed E-state index contributed by atoms with van der Waals surface area (Å²) >= 11 is 0. The number of ether oxygens (including phenoxy) is 1. The third-order valence-electron chi connectivity index (χ3n) is 11.8. The number of hydrogen-bond acceptors (Lipinski definition) is 3. The molecule has 0 spiro atoms. The third kappa shape index (κ3) is 5.98. The van der Waals surface area contributed by atoms with Gasteiger partial charge in [-0.15, -0.1) is 0 Å². The zero-order valence-electron chi connectivity index (χ0n) is 44.1. The summed E-state index contributed by atoms with van der Waals surface area (Å²) in [6.45, 7) is 0. The van der Waals surface area contributed by atoms with Gasteiger partial charge in [0.15, 0.2) is 0 Å². The van der Waals surface area contributed by atoms with E-state index < -0.39 is 60.4 Å². The van der Waals surface area contributed by atoms with E-state index in [1.54, 1.807) is 33.5 Å². The first-order chi connectivity index (χ1) is 36.4. The molecule has 0 bridgehead atoms. The molecule has 0 saturated carbocycles. The molecular weight excluding hydrogens is 799 g/mol. The third-order valence-corrected chi connectivity index (χ3v) is 11.8. The minimum Gasteiger partial charge on any atom is -0.458 e. The Bertz CT molecular complexity index is 4400. The highest BCUT2D eigenvalue weighted by molar-refractivity contribution is 6.23. The monoisotopic (exact) mass is 845 g/mol. The molecule has 0 amide bonds. The largest absolute Gasteiger partial charge is 0.458 e. The fraction of sp³-hybridized carbons (Fsp3) is 0. The van der Waals surface area contributed by atoms with E-state index in [4.69, 9.17) is 27.8 Å². The topological polar surface area (TPSA) is 53.9 Å². The number of furan rings is 1. The highest BCUT2D eigenvalue weighted by atomic mass is 16.5. The van der Waals surface area contributed by atoms with Gasteiger partial charge in [-0.2, -0.15) is 0 Å². The van der Waals surface area contributed by atoms with Crippen molar-refractivity contribution in [3.63, 3.8) is 0 Å². The van der Waals surface area contributed by atoms with E-state index in [1.165, 1.54) is 0 Å². The summed E-state index contributed by atoms with van der Waals surface area (Å²) in [6, 6.07) is 42.4. The number of aromatic nitrogens is 5. The van der Waals surface area contributed by atoms with Crippen molar-refractivity contribution >= 4 is 54.8 Å². The molecule has 4 aromatic heterocycles. The van der Waals surface area contributed by atoms with Gasteiger partial charge in [-0.1, -0.05) is 145 Å². The van der Waals surface area contributed by atoms with Gasteiger partial charge in [-0.05, 0) is 82.9 Å². The molecule has 13 rings (SSSR count). The Kier molecular flexibility index (Phi) is 6.38. The zero-order valence-corrected chi connectivity index (χ0v) is 34.1. The van der Waals surface area contributed by atoms with Gasteiger partial charge in [-0.3, -0.25) is 18.3 Å². The van der Waals surface area contributed by atoms with Crippen molar-refractivity contribution in [3.05, 3.63) is 231 Å². The maximum atomic E-state index is 9.05. The fourth-order valence-corrected chi connectivity index (χ4v) is 8.99. The molecule has 0 saturated heterocycles. The van der Waals surface area contributed by atoms with Crippen molar-refractivity contribution in [3.8, 4) is 56.8 Å². The molecule has 0 radical (unpaired) electrons. The minimum absolute atomic E-state index is 0.139. The molecule has 65 heavy (non-hydrogen) atoms. The molecule has 0 aliphatic rings. The van der Waals surface area contributed by atoms with Crippen LogP contribution in [0.25, 0.3) is 100 Å². The van der Waals surface area contributed by atoms with Crippen LogP contribution in [-0.4, -0.2) is 18.7 Å². The van der Waals surface area contributed by atoms with Crippen LogP contribution < -0.4 is 9.30 Å². The molecule has 0 fully saturated rings. The van der Waals surface area contributed by atoms with Crippen LogP contribution in [0.3, 0.4) is 0 Å². The van der Waals surface area contributed by atoms with Gasteiger partial charge < -0.3 is 9.15 Å². The highest BCUT2D eigenvalue weighted by Gasteiger charge is 2.23. The van der Waals surface area contributed by atoms with Gasteiger partial charge in [0.25, 0.3) is 6.33 Å². The number of hydrogen-bond donors (Lipinski definition) is 0. The normalized spacial score (nSPS) is 13.8. The molecule has 9 aromatic carbocycles. The quantitative estimate of drug-likeness (QED) is 0.113. The molecule has 0 N–H and O–H groups in total. The molecule has 7 heteroatoms. The standard InChI is InChI=1S/C58H37N5O2/c1-4-16-39(17-5-1)45-25-15-26-46(40-18-6-2-7-19-40)56(45)62-38-61(50-27-11-12-28-51(50)62)42-22-14-23-43(36-42)64-44-30-31-49-53(37-44)63(58-59-34-35-60(58)41-20-8-3-9-21-41)52-33-32-48-47-24-10-13-29-54(47)65-57(48)55(49)52/h1-37H/i1D,2D,4D,5D,6D,7D,16D,17D,18D,19D. The van der Waals surface area contributed by atoms with Gasteiger partial charge in [0.1, 0.15) is 22.7 Å². The van der Waals surface area contributed by atoms with Crippen molar-refractivity contribution in [2.75, 3.05) is 0 Å². The molecule has 0 aliphatic carbocycles. The molecule has 7 nitrogen and oxygen atoms in total. The first-order valence-corrected chi connectivity index (χ1v) is 20.9. The fourth-order valence-electron chi connectivity index (χ4n) is 8.99. The van der Waals surface area contributed by atoms with Crippen LogP contribution in [-0.2, 0) is 0 Å². The summed E-state index contributed by atoms with van der Waals surface area (Å²) in [5.74, 6) is 1.69. The summed E-state index contributed by atoms with van der Waals surface area (Å²) in [7, 11) is 0. The zero-order chi connectivity index (χ0) is 51.6. The lowest BCUT2D eigenvalue weighted by Gasteiger charge is -2.17. The van der Waals surface area contributed by atoms with Gasteiger partial charge in [-0.25, -0.2) is 4.98 Å². The Morgan fingerprint density at radius 3 is 2.08 bits per heavy atom. The van der Waals surface area contributed by atoms with Gasteiger partial charge >= 0.3 is 0 Å². The number of nitrogens with zero attached hydrogens (tertiary/aromatic N) is 5. The summed E-state index contributed by atoms with van der Waals surface area (Å²) in [4.78, 5) is 4.91. The Hall–Kier alpha value is -8.94. The molecule has 13 aromatic rings. The molecule has 0 aliphatic heterocycles. The van der Waals surface area contributed by atoms with Crippen LogP contribution >= 0.6 is 0 Å². The summed E-state index contributed by atoms with van der Waals surface area (Å²) in [5, 5.41) is 3.88. The van der Waals surface area contributed by atoms with Gasteiger partial charge in [0.2, 0.25) is 5.95 Å². The van der Waals surface area contributed by atoms with E-state index in [1.807, 2.05) is 126 Å². The van der Waals surface area contributed by atoms with Crippen LogP contribution in [0.2, 0.25) is 0 Å². The van der Waals surface area contributed by atoms with E-state index in [0.29, 0.717) is 34.2 Å². The van der Waals surface area contributed by atoms with Crippen molar-refractivity contribution in [2.24, 2.45) is 0 Å². The second kappa shape index (κ2) is 14.9. The molecule has 0 unspecified atom stereocenters. The molecule has 0 atom stereocenters. The molecule has 306 valence electrons. The lowest BCUT2D eigenvalue weighted by molar-refractivity contribution is -0.571. The van der Waals surface area contributed by atoms with E-state index in [9.17, 15) is 0 Å². The summed E-state index contributed by atoms with van der Waals surface area (Å²) in [5.41, 5.74) is 6.20. The first kappa shape index (κ1) is 27.9. The lowest BCUT2D eigenvalue weighted by atomic mass is 9.95. The number of fused-ring (bicyclic) bond motifs is 8. The minimum atomic E-state index is -0.573. The van der Waals surface area contributed by atoms with Gasteiger partial charge in [0, 0.05) is 40.3 Å². The summed E-state index contributed by atoms with van der Waals surface area (Å²) in [6.07, 6.45) is 7.16. The van der Waals surface area contributed by atoms with Crippen LogP contribution in [0.5, 0.6) is 11.5 Å². The van der Waals surface area contributed by atoms with Crippen LogP contribution in [0, 0.1) is 6.33 Å². The average molecular weight is 846 g/mol. The van der Waals surface area contributed by atoms with Crippen molar-refractivity contribution in [1.29, 1.82) is 0 Å². The second-order valence-corrected chi connectivity index (χ2v) is 15.4. The van der Waals surface area contributed by atoms with Crippen LogP contribution in [0.4, 0.5) is 0 Å². The van der Waals surface area contributed by atoms with E-state index >= 15 is 0 Å². The predicted molar refractivity (Wildman–Crippen MR) is 260 cm³/mol.